The Hall–Kier alpha value is -3.41. The van der Waals surface area contributed by atoms with Gasteiger partial charge in [-0.15, -0.1) is 0 Å². The molecular weight excluding hydrogens is 428 g/mol. The van der Waals surface area contributed by atoms with Crippen LogP contribution in [0.15, 0.2) is 66.0 Å². The fourth-order valence-electron chi connectivity index (χ4n) is 3.10. The summed E-state index contributed by atoms with van der Waals surface area (Å²) in [5.41, 5.74) is 2.80. The molecule has 0 saturated heterocycles. The lowest BCUT2D eigenvalue weighted by molar-refractivity contribution is 0.400. The van der Waals surface area contributed by atoms with E-state index in [9.17, 15) is 8.42 Å². The molecule has 1 aromatic carbocycles. The molecule has 4 rings (SSSR count). The Bertz CT molecular complexity index is 1300. The first kappa shape index (κ1) is 21.8. The number of nitrogens with zero attached hydrogens (tertiary/aromatic N) is 6. The second-order valence-electron chi connectivity index (χ2n) is 7.41. The van der Waals surface area contributed by atoms with E-state index in [1.165, 1.54) is 0 Å². The number of benzene rings is 1. The molecule has 0 saturated carbocycles. The van der Waals surface area contributed by atoms with E-state index in [1.807, 2.05) is 31.1 Å². The van der Waals surface area contributed by atoms with Gasteiger partial charge in [0.05, 0.1) is 16.8 Å². The predicted octanol–water partition coefficient (Wildman–Crippen LogP) is 2.16. The van der Waals surface area contributed by atoms with Gasteiger partial charge in [0, 0.05) is 24.6 Å². The van der Waals surface area contributed by atoms with Crippen LogP contribution in [0.25, 0.3) is 17.0 Å². The van der Waals surface area contributed by atoms with E-state index in [1.54, 1.807) is 53.4 Å². The highest BCUT2D eigenvalue weighted by molar-refractivity contribution is 7.89. The molecule has 2 N–H and O–H groups in total. The van der Waals surface area contributed by atoms with Crippen molar-refractivity contribution in [3.05, 3.63) is 61.1 Å². The van der Waals surface area contributed by atoms with Gasteiger partial charge >= 0.3 is 0 Å². The van der Waals surface area contributed by atoms with Crippen LogP contribution in [0.3, 0.4) is 0 Å². The SMILES string of the molecule is CN(C)CCCNS(=O)(=O)c1ccc(Nc2nccc(-c3cnc4cccnn34)n2)cc1. The number of hydrogen-bond acceptors (Lipinski definition) is 8. The number of fused-ring (bicyclic) bond motifs is 1. The Labute approximate surface area is 186 Å². The zero-order chi connectivity index (χ0) is 22.6. The minimum absolute atomic E-state index is 0.208. The summed E-state index contributed by atoms with van der Waals surface area (Å²) in [6.07, 6.45) is 5.77. The van der Waals surface area contributed by atoms with Gasteiger partial charge in [0.25, 0.3) is 0 Å². The molecule has 0 radical (unpaired) electrons. The zero-order valence-electron chi connectivity index (χ0n) is 17.8. The molecule has 0 spiro atoms. The molecule has 0 aliphatic heterocycles. The molecule has 3 aromatic heterocycles. The molecule has 0 aliphatic rings. The van der Waals surface area contributed by atoms with Crippen molar-refractivity contribution >= 4 is 27.3 Å². The third-order valence-electron chi connectivity index (χ3n) is 4.69. The largest absolute Gasteiger partial charge is 0.324 e. The van der Waals surface area contributed by atoms with Gasteiger partial charge in [-0.2, -0.15) is 5.10 Å². The van der Waals surface area contributed by atoms with Gasteiger partial charge in [-0.05, 0) is 69.5 Å². The van der Waals surface area contributed by atoms with Gasteiger partial charge in [0.15, 0.2) is 5.65 Å². The molecule has 0 unspecified atom stereocenters. The van der Waals surface area contributed by atoms with E-state index < -0.39 is 10.0 Å². The molecule has 0 bridgehead atoms. The Morgan fingerprint density at radius 1 is 1.03 bits per heavy atom. The first-order valence-corrected chi connectivity index (χ1v) is 11.5. The molecule has 0 aliphatic carbocycles. The fourth-order valence-corrected chi connectivity index (χ4v) is 4.17. The molecule has 0 atom stereocenters. The maximum atomic E-state index is 12.4. The van der Waals surface area contributed by atoms with Crippen LogP contribution in [-0.2, 0) is 10.0 Å². The van der Waals surface area contributed by atoms with Gasteiger partial charge in [0.2, 0.25) is 16.0 Å². The molecule has 0 fully saturated rings. The topological polar surface area (TPSA) is 117 Å². The van der Waals surface area contributed by atoms with Crippen molar-refractivity contribution in [2.75, 3.05) is 32.5 Å². The summed E-state index contributed by atoms with van der Waals surface area (Å²) < 4.78 is 29.2. The molecular formula is C21H24N8O2S. The summed E-state index contributed by atoms with van der Waals surface area (Å²) in [5, 5.41) is 7.41. The lowest BCUT2D eigenvalue weighted by atomic mass is 10.3. The molecule has 11 heteroatoms. The standard InChI is InChI=1S/C21H24N8O2S/c1-28(2)14-4-12-25-32(30,31)17-8-6-16(7-9-17)26-21-22-13-10-18(27-21)19-15-23-20-5-3-11-24-29(19)20/h3,5-11,13,15,25H,4,12,14H2,1-2H3,(H,22,26,27). The van der Waals surface area contributed by atoms with E-state index in [2.05, 4.69) is 30.1 Å². The first-order valence-electron chi connectivity index (χ1n) is 10.1. The number of sulfonamides is 1. The minimum atomic E-state index is -3.55. The van der Waals surface area contributed by atoms with E-state index in [0.717, 1.165) is 24.3 Å². The lowest BCUT2D eigenvalue weighted by Crippen LogP contribution is -2.27. The molecule has 4 aromatic rings. The Morgan fingerprint density at radius 2 is 1.84 bits per heavy atom. The number of nitrogens with one attached hydrogen (secondary N) is 2. The highest BCUT2D eigenvalue weighted by atomic mass is 32.2. The number of aromatic nitrogens is 5. The average Bonchev–Trinajstić information content (AvgIpc) is 3.21. The van der Waals surface area contributed by atoms with Gasteiger partial charge in [-0.1, -0.05) is 0 Å². The van der Waals surface area contributed by atoms with E-state index in [0.29, 0.717) is 23.9 Å². The second kappa shape index (κ2) is 9.39. The van der Waals surface area contributed by atoms with Gasteiger partial charge in [-0.3, -0.25) is 0 Å². The average molecular weight is 453 g/mol. The normalized spacial score (nSPS) is 11.8. The Kier molecular flexibility index (Phi) is 6.40. The van der Waals surface area contributed by atoms with Crippen molar-refractivity contribution in [2.45, 2.75) is 11.3 Å². The van der Waals surface area contributed by atoms with Crippen LogP contribution in [0.1, 0.15) is 6.42 Å². The minimum Gasteiger partial charge on any atom is -0.324 e. The number of anilines is 2. The summed E-state index contributed by atoms with van der Waals surface area (Å²) in [6, 6.07) is 11.9. The molecule has 10 nitrogen and oxygen atoms in total. The quantitative estimate of drug-likeness (QED) is 0.371. The summed E-state index contributed by atoms with van der Waals surface area (Å²) in [5.74, 6) is 0.380. The van der Waals surface area contributed by atoms with Crippen molar-refractivity contribution in [3.8, 4) is 11.4 Å². The van der Waals surface area contributed by atoms with Crippen LogP contribution in [0, 0.1) is 0 Å². The fraction of sp³-hybridized carbons (Fsp3) is 0.238. The predicted molar refractivity (Wildman–Crippen MR) is 122 cm³/mol. The zero-order valence-corrected chi connectivity index (χ0v) is 18.6. The van der Waals surface area contributed by atoms with Crippen molar-refractivity contribution < 1.29 is 8.42 Å². The van der Waals surface area contributed by atoms with Crippen LogP contribution in [-0.4, -0.2) is 65.1 Å². The lowest BCUT2D eigenvalue weighted by Gasteiger charge is -2.11. The summed E-state index contributed by atoms with van der Waals surface area (Å²) in [7, 11) is 0.356. The van der Waals surface area contributed by atoms with Gasteiger partial charge < -0.3 is 10.2 Å². The smallest absolute Gasteiger partial charge is 0.240 e. The van der Waals surface area contributed by atoms with E-state index >= 15 is 0 Å². The Morgan fingerprint density at radius 3 is 2.62 bits per heavy atom. The van der Waals surface area contributed by atoms with Crippen LogP contribution < -0.4 is 10.0 Å². The van der Waals surface area contributed by atoms with Crippen LogP contribution >= 0.6 is 0 Å². The van der Waals surface area contributed by atoms with Gasteiger partial charge in [-0.25, -0.2) is 32.6 Å². The number of imidazole rings is 1. The summed E-state index contributed by atoms with van der Waals surface area (Å²) in [4.78, 5) is 15.3. The van der Waals surface area contributed by atoms with Crippen LogP contribution in [0.5, 0.6) is 0 Å². The third kappa shape index (κ3) is 5.07. The number of hydrogen-bond donors (Lipinski definition) is 2. The maximum absolute atomic E-state index is 12.4. The highest BCUT2D eigenvalue weighted by Gasteiger charge is 2.14. The summed E-state index contributed by atoms with van der Waals surface area (Å²) in [6.45, 7) is 1.20. The number of rotatable bonds is 9. The molecule has 0 amide bonds. The maximum Gasteiger partial charge on any atom is 0.240 e. The van der Waals surface area contributed by atoms with E-state index in [-0.39, 0.29) is 4.90 Å². The van der Waals surface area contributed by atoms with Crippen molar-refractivity contribution in [1.29, 1.82) is 0 Å². The van der Waals surface area contributed by atoms with Crippen LogP contribution in [0.4, 0.5) is 11.6 Å². The van der Waals surface area contributed by atoms with Crippen LogP contribution in [0.2, 0.25) is 0 Å². The first-order chi connectivity index (χ1) is 15.4. The molecule has 166 valence electrons. The Balaban J connectivity index is 1.45. The van der Waals surface area contributed by atoms with Crippen molar-refractivity contribution in [3.63, 3.8) is 0 Å². The van der Waals surface area contributed by atoms with E-state index in [4.69, 9.17) is 0 Å². The monoisotopic (exact) mass is 452 g/mol. The van der Waals surface area contributed by atoms with Crippen molar-refractivity contribution in [2.24, 2.45) is 0 Å². The summed E-state index contributed by atoms with van der Waals surface area (Å²) >= 11 is 0. The highest BCUT2D eigenvalue weighted by Crippen LogP contribution is 2.21. The molecule has 32 heavy (non-hydrogen) atoms. The van der Waals surface area contributed by atoms with Gasteiger partial charge in [0.1, 0.15) is 5.69 Å². The third-order valence-corrected chi connectivity index (χ3v) is 6.17. The van der Waals surface area contributed by atoms with Crippen molar-refractivity contribution in [1.82, 2.24) is 34.2 Å². The second-order valence-corrected chi connectivity index (χ2v) is 9.17. The molecule has 3 heterocycles.